The van der Waals surface area contributed by atoms with Crippen molar-refractivity contribution in [3.63, 3.8) is 0 Å². The highest BCUT2D eigenvalue weighted by molar-refractivity contribution is 5.94. The fraction of sp³-hybridized carbons (Fsp3) is 0.435. The van der Waals surface area contributed by atoms with Gasteiger partial charge >= 0.3 is 0 Å². The van der Waals surface area contributed by atoms with Gasteiger partial charge < -0.3 is 15.1 Å². The lowest BCUT2D eigenvalue weighted by molar-refractivity contribution is 0.0942. The summed E-state index contributed by atoms with van der Waals surface area (Å²) in [4.78, 5) is 16.8. The third-order valence-electron chi connectivity index (χ3n) is 4.89. The van der Waals surface area contributed by atoms with Gasteiger partial charge in [0.2, 0.25) is 0 Å². The van der Waals surface area contributed by atoms with Crippen LogP contribution in [0.2, 0.25) is 0 Å². The van der Waals surface area contributed by atoms with Gasteiger partial charge in [-0.15, -0.1) is 0 Å². The second-order valence-corrected chi connectivity index (χ2v) is 8.50. The smallest absolute Gasteiger partial charge is 0.251 e. The molecule has 4 nitrogen and oxygen atoms in total. The van der Waals surface area contributed by atoms with E-state index in [1.807, 2.05) is 52.5 Å². The number of nitrogens with one attached hydrogen (secondary N) is 1. The Morgan fingerprint density at radius 2 is 1.48 bits per heavy atom. The van der Waals surface area contributed by atoms with E-state index in [2.05, 4.69) is 60.2 Å². The summed E-state index contributed by atoms with van der Waals surface area (Å²) in [6, 6.07) is 16.5. The maximum atomic E-state index is 12.6. The first-order chi connectivity index (χ1) is 12.6. The van der Waals surface area contributed by atoms with E-state index in [-0.39, 0.29) is 17.4 Å². The van der Waals surface area contributed by atoms with Gasteiger partial charge in [-0.25, -0.2) is 0 Å². The highest BCUT2D eigenvalue weighted by Gasteiger charge is 2.17. The van der Waals surface area contributed by atoms with E-state index < -0.39 is 0 Å². The normalized spacial score (nSPS) is 12.7. The van der Waals surface area contributed by atoms with Crippen LogP contribution in [0.15, 0.2) is 48.5 Å². The van der Waals surface area contributed by atoms with Gasteiger partial charge in [-0.05, 0) is 54.9 Å². The van der Waals surface area contributed by atoms with E-state index in [4.69, 9.17) is 0 Å². The molecule has 146 valence electrons. The molecule has 0 bridgehead atoms. The van der Waals surface area contributed by atoms with Gasteiger partial charge in [0.25, 0.3) is 5.91 Å². The molecule has 0 aliphatic carbocycles. The average Bonchev–Trinajstić information content (AvgIpc) is 2.61. The third kappa shape index (κ3) is 5.57. The molecule has 0 aliphatic rings. The summed E-state index contributed by atoms with van der Waals surface area (Å²) in [5.74, 6) is -0.0350. The van der Waals surface area contributed by atoms with Gasteiger partial charge in [0.1, 0.15) is 0 Å². The molecule has 27 heavy (non-hydrogen) atoms. The van der Waals surface area contributed by atoms with Crippen LogP contribution in [0.25, 0.3) is 0 Å². The van der Waals surface area contributed by atoms with Crippen molar-refractivity contribution in [1.29, 1.82) is 0 Å². The van der Waals surface area contributed by atoms with Crippen molar-refractivity contribution in [3.8, 4) is 0 Å². The van der Waals surface area contributed by atoms with Crippen molar-refractivity contribution in [3.05, 3.63) is 65.2 Å². The van der Waals surface area contributed by atoms with Crippen LogP contribution < -0.4 is 10.2 Å². The summed E-state index contributed by atoms with van der Waals surface area (Å²) >= 11 is 0. The minimum absolute atomic E-state index is 0.0350. The highest BCUT2D eigenvalue weighted by Crippen LogP contribution is 2.23. The zero-order valence-electron chi connectivity index (χ0n) is 17.7. The number of benzene rings is 2. The summed E-state index contributed by atoms with van der Waals surface area (Å²) in [5.41, 5.74) is 4.37. The van der Waals surface area contributed by atoms with Crippen LogP contribution in [-0.2, 0) is 5.41 Å². The van der Waals surface area contributed by atoms with Crippen LogP contribution in [0.5, 0.6) is 0 Å². The summed E-state index contributed by atoms with van der Waals surface area (Å²) < 4.78 is 0. The Morgan fingerprint density at radius 1 is 0.926 bits per heavy atom. The molecule has 0 radical (unpaired) electrons. The maximum Gasteiger partial charge on any atom is 0.251 e. The average molecular weight is 368 g/mol. The van der Waals surface area contributed by atoms with Gasteiger partial charge in [0, 0.05) is 31.9 Å². The molecule has 0 saturated carbocycles. The van der Waals surface area contributed by atoms with Crippen LogP contribution in [0, 0.1) is 0 Å². The first-order valence-corrected chi connectivity index (χ1v) is 9.42. The zero-order chi connectivity index (χ0) is 20.2. The maximum absolute atomic E-state index is 12.6. The van der Waals surface area contributed by atoms with Crippen molar-refractivity contribution in [2.45, 2.75) is 32.2 Å². The minimum atomic E-state index is -0.0350. The predicted octanol–water partition coefficient (Wildman–Crippen LogP) is 4.08. The van der Waals surface area contributed by atoms with Crippen molar-refractivity contribution >= 4 is 11.6 Å². The molecule has 2 aromatic carbocycles. The third-order valence-corrected chi connectivity index (χ3v) is 4.89. The number of anilines is 1. The fourth-order valence-corrected chi connectivity index (χ4v) is 3.01. The molecule has 2 rings (SSSR count). The Hall–Kier alpha value is -2.33. The number of likely N-dealkylation sites (N-methyl/N-ethyl adjacent to an activating group) is 1. The fourth-order valence-electron chi connectivity index (χ4n) is 3.01. The van der Waals surface area contributed by atoms with Gasteiger partial charge in [-0.1, -0.05) is 45.0 Å². The molecule has 0 heterocycles. The largest absolute Gasteiger partial charge is 0.378 e. The van der Waals surface area contributed by atoms with Crippen LogP contribution in [0.4, 0.5) is 5.69 Å². The van der Waals surface area contributed by atoms with Crippen LogP contribution in [-0.4, -0.2) is 45.5 Å². The summed E-state index contributed by atoms with van der Waals surface area (Å²) in [6.07, 6.45) is 0. The lowest BCUT2D eigenvalue weighted by atomic mass is 9.87. The highest BCUT2D eigenvalue weighted by atomic mass is 16.1. The quantitative estimate of drug-likeness (QED) is 0.835. The second kappa shape index (κ2) is 8.57. The van der Waals surface area contributed by atoms with E-state index in [1.54, 1.807) is 0 Å². The van der Waals surface area contributed by atoms with Crippen LogP contribution in [0.1, 0.15) is 48.3 Å². The number of carbonyl (C=O) groups excluding carboxylic acids is 1. The molecule has 1 amide bonds. The summed E-state index contributed by atoms with van der Waals surface area (Å²) in [6.45, 7) is 7.08. The second-order valence-electron chi connectivity index (χ2n) is 8.50. The predicted molar refractivity (Wildman–Crippen MR) is 115 cm³/mol. The van der Waals surface area contributed by atoms with Gasteiger partial charge in [-0.3, -0.25) is 4.79 Å². The number of carbonyl (C=O) groups is 1. The van der Waals surface area contributed by atoms with Gasteiger partial charge in [-0.2, -0.15) is 0 Å². The first-order valence-electron chi connectivity index (χ1n) is 9.42. The number of hydrogen-bond acceptors (Lipinski definition) is 3. The SMILES string of the molecule is CN(C)c1ccc([C@@H](CNC(=O)c2ccc(C(C)(C)C)cc2)N(C)C)cc1. The Bertz CT molecular complexity index is 741. The van der Waals surface area contributed by atoms with Crippen molar-refractivity contribution in [2.24, 2.45) is 0 Å². The molecular weight excluding hydrogens is 334 g/mol. The van der Waals surface area contributed by atoms with Crippen LogP contribution >= 0.6 is 0 Å². The number of rotatable bonds is 6. The lowest BCUT2D eigenvalue weighted by Crippen LogP contribution is -2.34. The molecule has 1 atom stereocenters. The van der Waals surface area contributed by atoms with Crippen molar-refractivity contribution < 1.29 is 4.79 Å². The van der Waals surface area contributed by atoms with Crippen LogP contribution in [0.3, 0.4) is 0 Å². The van der Waals surface area contributed by atoms with E-state index in [0.29, 0.717) is 12.1 Å². The molecule has 0 aromatic heterocycles. The Morgan fingerprint density at radius 3 is 1.93 bits per heavy atom. The Labute approximate surface area is 164 Å². The monoisotopic (exact) mass is 367 g/mol. The van der Waals surface area contributed by atoms with E-state index in [0.717, 1.165) is 0 Å². The first kappa shape index (κ1) is 21.0. The molecule has 0 fully saturated rings. The van der Waals surface area contributed by atoms with E-state index in [1.165, 1.54) is 16.8 Å². The molecule has 0 unspecified atom stereocenters. The lowest BCUT2D eigenvalue weighted by Gasteiger charge is -2.26. The number of amides is 1. The molecule has 0 saturated heterocycles. The van der Waals surface area contributed by atoms with Crippen molar-refractivity contribution in [2.75, 3.05) is 39.6 Å². The van der Waals surface area contributed by atoms with Crippen molar-refractivity contribution in [1.82, 2.24) is 10.2 Å². The van der Waals surface area contributed by atoms with Gasteiger partial charge in [0.15, 0.2) is 0 Å². The summed E-state index contributed by atoms with van der Waals surface area (Å²) in [5, 5.41) is 3.08. The molecule has 4 heteroatoms. The molecule has 0 spiro atoms. The summed E-state index contributed by atoms with van der Waals surface area (Å²) in [7, 11) is 8.14. The Kier molecular flexibility index (Phi) is 6.66. The topological polar surface area (TPSA) is 35.6 Å². The molecule has 0 aliphatic heterocycles. The number of nitrogens with zero attached hydrogens (tertiary/aromatic N) is 2. The minimum Gasteiger partial charge on any atom is -0.378 e. The zero-order valence-corrected chi connectivity index (χ0v) is 17.7. The Balaban J connectivity index is 2.06. The molecular formula is C23H33N3O. The van der Waals surface area contributed by atoms with E-state index >= 15 is 0 Å². The number of hydrogen-bond donors (Lipinski definition) is 1. The van der Waals surface area contributed by atoms with Gasteiger partial charge in [0.05, 0.1) is 6.04 Å². The molecule has 1 N–H and O–H groups in total. The molecule has 2 aromatic rings. The standard InChI is InChI=1S/C23H33N3O/c1-23(2,3)19-12-8-18(9-13-19)22(27)24-16-21(26(6)7)17-10-14-20(15-11-17)25(4)5/h8-15,21H,16H2,1-7H3,(H,24,27)/t21-/m1/s1. The van der Waals surface area contributed by atoms with E-state index in [9.17, 15) is 4.79 Å².